The molecule has 17 heavy (non-hydrogen) atoms. The van der Waals surface area contributed by atoms with Crippen LogP contribution in [0.15, 0.2) is 24.3 Å². The first kappa shape index (κ1) is 12.6. The lowest BCUT2D eigenvalue weighted by molar-refractivity contribution is 0.184. The molecule has 0 heterocycles. The normalized spacial score (nSPS) is 19.4. The van der Waals surface area contributed by atoms with Gasteiger partial charge >= 0.3 is 0 Å². The van der Waals surface area contributed by atoms with E-state index in [0.717, 1.165) is 19.6 Å². The maximum atomic E-state index is 5.74. The molecule has 1 aromatic rings. The topological polar surface area (TPSA) is 29.3 Å². The number of aryl methyl sites for hydroxylation is 1. The van der Waals surface area contributed by atoms with Crippen LogP contribution in [0.25, 0.3) is 0 Å². The molecule has 0 amide bonds. The SMILES string of the molecule is CCCN(CCN)C1CCCc2ccccc21. The van der Waals surface area contributed by atoms with E-state index in [0.29, 0.717) is 6.04 Å². The second-order valence-corrected chi connectivity index (χ2v) is 4.93. The molecule has 94 valence electrons. The minimum absolute atomic E-state index is 0.600. The smallest absolute Gasteiger partial charge is 0.0351 e. The Balaban J connectivity index is 2.20. The van der Waals surface area contributed by atoms with E-state index in [1.807, 2.05) is 0 Å². The van der Waals surface area contributed by atoms with Crippen molar-refractivity contribution in [3.8, 4) is 0 Å². The molecule has 1 atom stereocenters. The molecular weight excluding hydrogens is 208 g/mol. The Kier molecular flexibility index (Phi) is 4.57. The lowest BCUT2D eigenvalue weighted by Gasteiger charge is -2.35. The molecule has 0 radical (unpaired) electrons. The summed E-state index contributed by atoms with van der Waals surface area (Å²) in [7, 11) is 0. The number of rotatable bonds is 5. The van der Waals surface area contributed by atoms with Crippen molar-refractivity contribution in [2.75, 3.05) is 19.6 Å². The van der Waals surface area contributed by atoms with Crippen molar-refractivity contribution < 1.29 is 0 Å². The van der Waals surface area contributed by atoms with E-state index in [4.69, 9.17) is 5.73 Å². The molecule has 0 aromatic heterocycles. The van der Waals surface area contributed by atoms with Crippen LogP contribution < -0.4 is 5.73 Å². The van der Waals surface area contributed by atoms with Crippen molar-refractivity contribution in [2.45, 2.75) is 38.6 Å². The van der Waals surface area contributed by atoms with Gasteiger partial charge in [0.15, 0.2) is 0 Å². The van der Waals surface area contributed by atoms with Crippen LogP contribution >= 0.6 is 0 Å². The fraction of sp³-hybridized carbons (Fsp3) is 0.600. The van der Waals surface area contributed by atoms with Crippen LogP contribution in [-0.4, -0.2) is 24.5 Å². The quantitative estimate of drug-likeness (QED) is 0.846. The van der Waals surface area contributed by atoms with Crippen LogP contribution in [0.3, 0.4) is 0 Å². The summed E-state index contributed by atoms with van der Waals surface area (Å²) in [5.41, 5.74) is 8.83. The summed E-state index contributed by atoms with van der Waals surface area (Å²) in [5.74, 6) is 0. The highest BCUT2D eigenvalue weighted by Gasteiger charge is 2.24. The predicted molar refractivity (Wildman–Crippen MR) is 73.0 cm³/mol. The van der Waals surface area contributed by atoms with Gasteiger partial charge in [0.2, 0.25) is 0 Å². The highest BCUT2D eigenvalue weighted by atomic mass is 15.2. The van der Waals surface area contributed by atoms with Crippen molar-refractivity contribution >= 4 is 0 Å². The summed E-state index contributed by atoms with van der Waals surface area (Å²) in [4.78, 5) is 2.57. The van der Waals surface area contributed by atoms with Gasteiger partial charge in [0, 0.05) is 19.1 Å². The van der Waals surface area contributed by atoms with E-state index < -0.39 is 0 Å². The highest BCUT2D eigenvalue weighted by Crippen LogP contribution is 2.33. The fourth-order valence-electron chi connectivity index (χ4n) is 2.98. The monoisotopic (exact) mass is 232 g/mol. The molecule has 1 aliphatic rings. The van der Waals surface area contributed by atoms with Crippen LogP contribution in [0.1, 0.15) is 43.4 Å². The summed E-state index contributed by atoms with van der Waals surface area (Å²) in [5, 5.41) is 0. The molecule has 1 aromatic carbocycles. The number of benzene rings is 1. The molecule has 0 aliphatic heterocycles. The Hall–Kier alpha value is -0.860. The van der Waals surface area contributed by atoms with Gasteiger partial charge in [-0.1, -0.05) is 31.2 Å². The minimum Gasteiger partial charge on any atom is -0.329 e. The predicted octanol–water partition coefficient (Wildman–Crippen LogP) is 2.73. The lowest BCUT2D eigenvalue weighted by atomic mass is 9.86. The van der Waals surface area contributed by atoms with Gasteiger partial charge in [0.25, 0.3) is 0 Å². The zero-order valence-electron chi connectivity index (χ0n) is 10.9. The van der Waals surface area contributed by atoms with Gasteiger partial charge in [-0.25, -0.2) is 0 Å². The second-order valence-electron chi connectivity index (χ2n) is 4.93. The van der Waals surface area contributed by atoms with Crippen LogP contribution in [-0.2, 0) is 6.42 Å². The molecule has 1 unspecified atom stereocenters. The van der Waals surface area contributed by atoms with E-state index in [1.54, 1.807) is 11.1 Å². The van der Waals surface area contributed by atoms with Gasteiger partial charge < -0.3 is 5.73 Å². The van der Waals surface area contributed by atoms with E-state index in [1.165, 1.54) is 25.7 Å². The molecule has 2 nitrogen and oxygen atoms in total. The molecule has 0 bridgehead atoms. The standard InChI is InChI=1S/C15H24N2/c1-2-11-17(12-10-16)15-9-5-7-13-6-3-4-8-14(13)15/h3-4,6,8,15H,2,5,7,9-12,16H2,1H3. The Morgan fingerprint density at radius 3 is 2.88 bits per heavy atom. The van der Waals surface area contributed by atoms with Crippen molar-refractivity contribution in [3.05, 3.63) is 35.4 Å². The van der Waals surface area contributed by atoms with E-state index in [-0.39, 0.29) is 0 Å². The van der Waals surface area contributed by atoms with E-state index in [2.05, 4.69) is 36.1 Å². The molecule has 0 saturated carbocycles. The summed E-state index contributed by atoms with van der Waals surface area (Å²) in [6.07, 6.45) is 5.05. The molecule has 2 heteroatoms. The number of hydrogen-bond donors (Lipinski definition) is 1. The average Bonchev–Trinajstić information content (AvgIpc) is 2.38. The molecule has 2 N–H and O–H groups in total. The van der Waals surface area contributed by atoms with Crippen molar-refractivity contribution in [2.24, 2.45) is 5.73 Å². The highest BCUT2D eigenvalue weighted by molar-refractivity contribution is 5.32. The number of fused-ring (bicyclic) bond motifs is 1. The number of nitrogens with two attached hydrogens (primary N) is 1. The van der Waals surface area contributed by atoms with Crippen LogP contribution in [0.5, 0.6) is 0 Å². The summed E-state index contributed by atoms with van der Waals surface area (Å²) in [6, 6.07) is 9.52. The Bertz CT molecular complexity index is 343. The summed E-state index contributed by atoms with van der Waals surface area (Å²) >= 11 is 0. The summed E-state index contributed by atoms with van der Waals surface area (Å²) in [6.45, 7) is 5.19. The van der Waals surface area contributed by atoms with Crippen molar-refractivity contribution in [1.82, 2.24) is 4.90 Å². The molecule has 0 spiro atoms. The average molecular weight is 232 g/mol. The lowest BCUT2D eigenvalue weighted by Crippen LogP contribution is -2.35. The van der Waals surface area contributed by atoms with Gasteiger partial charge in [0.1, 0.15) is 0 Å². The van der Waals surface area contributed by atoms with E-state index in [9.17, 15) is 0 Å². The largest absolute Gasteiger partial charge is 0.329 e. The third kappa shape index (κ3) is 2.88. The van der Waals surface area contributed by atoms with Gasteiger partial charge in [-0.05, 0) is 43.4 Å². The molecule has 0 fully saturated rings. The molecule has 2 rings (SSSR count). The van der Waals surface area contributed by atoms with Crippen LogP contribution in [0, 0.1) is 0 Å². The van der Waals surface area contributed by atoms with Crippen molar-refractivity contribution in [1.29, 1.82) is 0 Å². The Labute approximate surface area is 105 Å². The third-order valence-corrected chi connectivity index (χ3v) is 3.71. The van der Waals surface area contributed by atoms with Crippen LogP contribution in [0.2, 0.25) is 0 Å². The Morgan fingerprint density at radius 2 is 2.12 bits per heavy atom. The van der Waals surface area contributed by atoms with Gasteiger partial charge in [-0.2, -0.15) is 0 Å². The van der Waals surface area contributed by atoms with Gasteiger partial charge in [0.05, 0.1) is 0 Å². The maximum Gasteiger partial charge on any atom is 0.0351 e. The first-order chi connectivity index (χ1) is 8.36. The van der Waals surface area contributed by atoms with Crippen molar-refractivity contribution in [3.63, 3.8) is 0 Å². The first-order valence-electron chi connectivity index (χ1n) is 6.88. The zero-order valence-corrected chi connectivity index (χ0v) is 10.9. The summed E-state index contributed by atoms with van der Waals surface area (Å²) < 4.78 is 0. The minimum atomic E-state index is 0.600. The first-order valence-corrected chi connectivity index (χ1v) is 6.88. The zero-order chi connectivity index (χ0) is 12.1. The second kappa shape index (κ2) is 6.18. The van der Waals surface area contributed by atoms with Gasteiger partial charge in [-0.3, -0.25) is 4.90 Å². The third-order valence-electron chi connectivity index (χ3n) is 3.71. The fourth-order valence-corrected chi connectivity index (χ4v) is 2.98. The van der Waals surface area contributed by atoms with Gasteiger partial charge in [-0.15, -0.1) is 0 Å². The molecule has 0 saturated heterocycles. The maximum absolute atomic E-state index is 5.74. The molecule has 1 aliphatic carbocycles. The van der Waals surface area contributed by atoms with Crippen LogP contribution in [0.4, 0.5) is 0 Å². The number of hydrogen-bond acceptors (Lipinski definition) is 2. The van der Waals surface area contributed by atoms with E-state index >= 15 is 0 Å². The number of nitrogens with zero attached hydrogens (tertiary/aromatic N) is 1. The molecular formula is C15H24N2. The Morgan fingerprint density at radius 1 is 1.29 bits per heavy atom.